The summed E-state index contributed by atoms with van der Waals surface area (Å²) in [7, 11) is 3.07. The van der Waals surface area contributed by atoms with E-state index in [4.69, 9.17) is 0 Å². The zero-order chi connectivity index (χ0) is 11.7. The van der Waals surface area contributed by atoms with Crippen LogP contribution in [0, 0.1) is 0 Å². The van der Waals surface area contributed by atoms with Crippen molar-refractivity contribution in [1.82, 2.24) is 9.80 Å². The fraction of sp³-hybridized carbons (Fsp3) is 0.167. The lowest BCUT2D eigenvalue weighted by Gasteiger charge is -2.07. The van der Waals surface area contributed by atoms with Crippen LogP contribution in [0.4, 0.5) is 4.79 Å². The van der Waals surface area contributed by atoms with Crippen LogP contribution in [-0.4, -0.2) is 35.8 Å². The quantitative estimate of drug-likeness (QED) is 0.528. The molecule has 0 radical (unpaired) electrons. The molecule has 4 heteroatoms. The van der Waals surface area contributed by atoms with Crippen LogP contribution in [0.1, 0.15) is 5.56 Å². The summed E-state index contributed by atoms with van der Waals surface area (Å²) in [4.78, 5) is 25.7. The molecule has 16 heavy (non-hydrogen) atoms. The average Bonchev–Trinajstić information content (AvgIpc) is 2.48. The summed E-state index contributed by atoms with van der Waals surface area (Å²) in [6.07, 6.45) is 1.71. The van der Waals surface area contributed by atoms with Crippen molar-refractivity contribution in [3.8, 4) is 0 Å². The SMILES string of the molecule is CN1C(=O)/C(=C/c2ccccc2)N(C)C1=O. The Morgan fingerprint density at radius 2 is 1.62 bits per heavy atom. The number of rotatable bonds is 1. The first kappa shape index (κ1) is 10.4. The molecule has 0 aliphatic carbocycles. The van der Waals surface area contributed by atoms with Crippen molar-refractivity contribution >= 4 is 18.0 Å². The van der Waals surface area contributed by atoms with Gasteiger partial charge in [0.25, 0.3) is 5.91 Å². The van der Waals surface area contributed by atoms with Gasteiger partial charge in [-0.2, -0.15) is 0 Å². The monoisotopic (exact) mass is 216 g/mol. The van der Waals surface area contributed by atoms with E-state index in [1.54, 1.807) is 13.1 Å². The van der Waals surface area contributed by atoms with Gasteiger partial charge in [0.1, 0.15) is 5.70 Å². The minimum absolute atomic E-state index is 0.267. The molecule has 0 atom stereocenters. The van der Waals surface area contributed by atoms with Crippen molar-refractivity contribution in [3.63, 3.8) is 0 Å². The highest BCUT2D eigenvalue weighted by molar-refractivity contribution is 6.13. The van der Waals surface area contributed by atoms with Gasteiger partial charge in [0.15, 0.2) is 0 Å². The fourth-order valence-electron chi connectivity index (χ4n) is 1.60. The van der Waals surface area contributed by atoms with Gasteiger partial charge in [0.05, 0.1) is 0 Å². The third-order valence-electron chi connectivity index (χ3n) is 2.56. The summed E-state index contributed by atoms with van der Waals surface area (Å²) in [6, 6.07) is 9.15. The Hall–Kier alpha value is -2.10. The summed E-state index contributed by atoms with van der Waals surface area (Å²) >= 11 is 0. The van der Waals surface area contributed by atoms with Crippen LogP contribution in [0.15, 0.2) is 36.0 Å². The van der Waals surface area contributed by atoms with E-state index < -0.39 is 0 Å². The van der Waals surface area contributed by atoms with Gasteiger partial charge >= 0.3 is 6.03 Å². The molecule has 1 aliphatic rings. The standard InChI is InChI=1S/C12H12N2O2/c1-13-10(11(15)14(2)12(13)16)8-9-6-4-3-5-7-9/h3-8H,1-2H3/b10-8-. The molecular weight excluding hydrogens is 204 g/mol. The number of benzene rings is 1. The second-order valence-corrected chi connectivity index (χ2v) is 3.65. The zero-order valence-electron chi connectivity index (χ0n) is 9.18. The number of urea groups is 1. The minimum Gasteiger partial charge on any atom is -0.292 e. The second kappa shape index (κ2) is 3.81. The zero-order valence-corrected chi connectivity index (χ0v) is 9.18. The Bertz CT molecular complexity index is 465. The van der Waals surface area contributed by atoms with Crippen molar-refractivity contribution in [1.29, 1.82) is 0 Å². The number of carbonyl (C=O) groups is 2. The number of imide groups is 1. The first-order chi connectivity index (χ1) is 7.61. The van der Waals surface area contributed by atoms with E-state index >= 15 is 0 Å². The molecule has 3 amide bonds. The fourth-order valence-corrected chi connectivity index (χ4v) is 1.60. The number of carbonyl (C=O) groups excluding carboxylic acids is 2. The highest BCUT2D eigenvalue weighted by Crippen LogP contribution is 2.19. The molecule has 1 fully saturated rings. The summed E-state index contributed by atoms with van der Waals surface area (Å²) in [6.45, 7) is 0. The molecule has 0 saturated carbocycles. The van der Waals surface area contributed by atoms with Gasteiger partial charge in [-0.1, -0.05) is 30.3 Å². The normalized spacial score (nSPS) is 18.8. The van der Waals surface area contributed by atoms with E-state index in [2.05, 4.69) is 0 Å². The lowest BCUT2D eigenvalue weighted by Crippen LogP contribution is -2.27. The smallest absolute Gasteiger partial charge is 0.292 e. The Kier molecular flexibility index (Phi) is 2.48. The van der Waals surface area contributed by atoms with Crippen LogP contribution in [-0.2, 0) is 4.79 Å². The number of likely N-dealkylation sites (N-methyl/N-ethyl adjacent to an activating group) is 2. The molecule has 1 aromatic rings. The summed E-state index contributed by atoms with van der Waals surface area (Å²) in [5.74, 6) is -0.267. The lowest BCUT2D eigenvalue weighted by molar-refractivity contribution is -0.122. The van der Waals surface area contributed by atoms with Crippen LogP contribution < -0.4 is 0 Å². The van der Waals surface area contributed by atoms with Crippen molar-refractivity contribution in [2.75, 3.05) is 14.1 Å². The Balaban J connectivity index is 2.39. The molecule has 0 N–H and O–H groups in total. The van der Waals surface area contributed by atoms with E-state index in [0.717, 1.165) is 10.5 Å². The lowest BCUT2D eigenvalue weighted by atomic mass is 10.2. The molecule has 0 aromatic heterocycles. The summed E-state index contributed by atoms with van der Waals surface area (Å²) in [5, 5.41) is 0. The second-order valence-electron chi connectivity index (χ2n) is 3.65. The summed E-state index contributed by atoms with van der Waals surface area (Å²) < 4.78 is 0. The summed E-state index contributed by atoms with van der Waals surface area (Å²) in [5.41, 5.74) is 1.31. The molecule has 0 unspecified atom stereocenters. The van der Waals surface area contributed by atoms with Crippen LogP contribution >= 0.6 is 0 Å². The van der Waals surface area contributed by atoms with Crippen LogP contribution in [0.5, 0.6) is 0 Å². The highest BCUT2D eigenvalue weighted by Gasteiger charge is 2.35. The van der Waals surface area contributed by atoms with Crippen molar-refractivity contribution in [2.45, 2.75) is 0 Å². The average molecular weight is 216 g/mol. The third-order valence-corrected chi connectivity index (χ3v) is 2.56. The first-order valence-corrected chi connectivity index (χ1v) is 4.94. The van der Waals surface area contributed by atoms with Crippen molar-refractivity contribution in [3.05, 3.63) is 41.6 Å². The van der Waals surface area contributed by atoms with Gasteiger partial charge < -0.3 is 0 Å². The number of hydrogen-bond donors (Lipinski definition) is 0. The van der Waals surface area contributed by atoms with Gasteiger partial charge in [-0.05, 0) is 11.6 Å². The first-order valence-electron chi connectivity index (χ1n) is 4.94. The Labute approximate surface area is 93.8 Å². The van der Waals surface area contributed by atoms with Gasteiger partial charge in [0.2, 0.25) is 0 Å². The van der Waals surface area contributed by atoms with Crippen LogP contribution in [0.25, 0.3) is 6.08 Å². The largest absolute Gasteiger partial charge is 0.331 e. The third kappa shape index (κ3) is 1.58. The van der Waals surface area contributed by atoms with E-state index in [9.17, 15) is 9.59 Å². The Morgan fingerprint density at radius 1 is 1.00 bits per heavy atom. The van der Waals surface area contributed by atoms with Gasteiger partial charge in [-0.25, -0.2) is 4.79 Å². The molecule has 82 valence electrons. The van der Waals surface area contributed by atoms with E-state index in [1.807, 2.05) is 30.3 Å². The predicted octanol–water partition coefficient (Wildman–Crippen LogP) is 1.55. The molecular formula is C12H12N2O2. The topological polar surface area (TPSA) is 40.6 Å². The highest BCUT2D eigenvalue weighted by atomic mass is 16.2. The maximum absolute atomic E-state index is 11.7. The molecule has 1 saturated heterocycles. The molecule has 1 heterocycles. The number of amides is 3. The molecule has 1 aromatic carbocycles. The van der Waals surface area contributed by atoms with Crippen molar-refractivity contribution in [2.24, 2.45) is 0 Å². The van der Waals surface area contributed by atoms with E-state index in [0.29, 0.717) is 5.70 Å². The number of hydrogen-bond acceptors (Lipinski definition) is 2. The Morgan fingerprint density at radius 3 is 2.12 bits per heavy atom. The molecule has 0 bridgehead atoms. The molecule has 0 spiro atoms. The minimum atomic E-state index is -0.299. The van der Waals surface area contributed by atoms with E-state index in [1.165, 1.54) is 11.9 Å². The maximum atomic E-state index is 11.7. The van der Waals surface area contributed by atoms with Crippen molar-refractivity contribution < 1.29 is 9.59 Å². The molecule has 2 rings (SSSR count). The predicted molar refractivity (Wildman–Crippen MR) is 60.3 cm³/mol. The van der Waals surface area contributed by atoms with Crippen LogP contribution in [0.2, 0.25) is 0 Å². The van der Waals surface area contributed by atoms with Crippen LogP contribution in [0.3, 0.4) is 0 Å². The van der Waals surface area contributed by atoms with Gasteiger partial charge in [-0.15, -0.1) is 0 Å². The van der Waals surface area contributed by atoms with E-state index in [-0.39, 0.29) is 11.9 Å². The molecule has 4 nitrogen and oxygen atoms in total. The molecule has 1 aliphatic heterocycles. The van der Waals surface area contributed by atoms with Gasteiger partial charge in [-0.3, -0.25) is 14.6 Å². The maximum Gasteiger partial charge on any atom is 0.331 e. The van der Waals surface area contributed by atoms with Gasteiger partial charge in [0, 0.05) is 14.1 Å². The number of nitrogens with zero attached hydrogens (tertiary/aromatic N) is 2.